The first kappa shape index (κ1) is 16.2. The number of rotatable bonds is 3. The van der Waals surface area contributed by atoms with Gasteiger partial charge in [0.25, 0.3) is 0 Å². The molecule has 2 saturated heterocycles. The molecule has 11 nitrogen and oxygen atoms in total. The third-order valence-corrected chi connectivity index (χ3v) is 5.38. The van der Waals surface area contributed by atoms with E-state index < -0.39 is 11.7 Å². The van der Waals surface area contributed by atoms with Crippen LogP contribution in [0.15, 0.2) is 12.4 Å². The maximum absolute atomic E-state index is 12.6. The van der Waals surface area contributed by atoms with E-state index in [0.717, 1.165) is 23.6 Å². The average Bonchev–Trinajstić information content (AvgIpc) is 3.43. The molecule has 3 aliphatic rings. The van der Waals surface area contributed by atoms with Crippen molar-refractivity contribution in [3.63, 3.8) is 0 Å². The number of hydrogen-bond donors (Lipinski definition) is 1. The van der Waals surface area contributed by atoms with Crippen molar-refractivity contribution in [2.24, 2.45) is 0 Å². The van der Waals surface area contributed by atoms with E-state index in [2.05, 4.69) is 20.4 Å². The number of nitrogens with zero attached hydrogens (tertiary/aromatic N) is 6. The molecule has 27 heavy (non-hydrogen) atoms. The Hall–Kier alpha value is -2.95. The number of fused-ring (bicyclic) bond motifs is 1. The van der Waals surface area contributed by atoms with Crippen LogP contribution < -0.4 is 0 Å². The fourth-order valence-corrected chi connectivity index (χ4v) is 3.88. The molecule has 1 atom stereocenters. The highest BCUT2D eigenvalue weighted by Crippen LogP contribution is 2.34. The van der Waals surface area contributed by atoms with Crippen molar-refractivity contribution in [3.8, 4) is 11.4 Å². The number of carbonyl (C=O) groups excluding carboxylic acids is 2. The summed E-state index contributed by atoms with van der Waals surface area (Å²) < 4.78 is 13.0. The first-order valence-electron chi connectivity index (χ1n) is 8.88. The number of aromatic amines is 1. The van der Waals surface area contributed by atoms with Gasteiger partial charge in [0.05, 0.1) is 31.4 Å². The summed E-state index contributed by atoms with van der Waals surface area (Å²) in [6.45, 7) is 2.85. The number of likely N-dealkylation sites (tertiary alicyclic amines) is 1. The molecule has 3 aliphatic heterocycles. The smallest absolute Gasteiger partial charge is 0.410 e. The van der Waals surface area contributed by atoms with Gasteiger partial charge in [0, 0.05) is 12.7 Å². The molecule has 2 aromatic rings. The molecule has 142 valence electrons. The molecule has 0 saturated carbocycles. The molecule has 1 N–H and O–H groups in total. The zero-order valence-electron chi connectivity index (χ0n) is 14.6. The van der Waals surface area contributed by atoms with Crippen LogP contribution in [0.4, 0.5) is 4.79 Å². The van der Waals surface area contributed by atoms with Crippen LogP contribution in [0.25, 0.3) is 11.4 Å². The molecule has 5 rings (SSSR count). The SMILES string of the molecule is O=C(CN1CCOC1=O)N1CCC2(C1)Cn1c(nnc1-c1cn[nH]c1)CO2. The van der Waals surface area contributed by atoms with Crippen LogP contribution in [0.2, 0.25) is 0 Å². The van der Waals surface area contributed by atoms with Crippen LogP contribution in [0.5, 0.6) is 0 Å². The van der Waals surface area contributed by atoms with E-state index in [1.54, 1.807) is 17.3 Å². The highest BCUT2D eigenvalue weighted by atomic mass is 16.6. The predicted molar refractivity (Wildman–Crippen MR) is 89.2 cm³/mol. The molecular formula is C16H19N7O4. The maximum atomic E-state index is 12.6. The summed E-state index contributed by atoms with van der Waals surface area (Å²) in [7, 11) is 0. The van der Waals surface area contributed by atoms with Crippen molar-refractivity contribution in [2.45, 2.75) is 25.2 Å². The molecule has 2 aromatic heterocycles. The van der Waals surface area contributed by atoms with E-state index >= 15 is 0 Å². The molecule has 0 aliphatic carbocycles. The lowest BCUT2D eigenvalue weighted by Gasteiger charge is -2.34. The summed E-state index contributed by atoms with van der Waals surface area (Å²) in [6.07, 6.45) is 3.79. The van der Waals surface area contributed by atoms with Crippen LogP contribution >= 0.6 is 0 Å². The van der Waals surface area contributed by atoms with Gasteiger partial charge in [-0.2, -0.15) is 5.10 Å². The Kier molecular flexibility index (Phi) is 3.64. The second-order valence-corrected chi connectivity index (χ2v) is 7.09. The number of hydrogen-bond acceptors (Lipinski definition) is 7. The van der Waals surface area contributed by atoms with Gasteiger partial charge in [0.1, 0.15) is 25.4 Å². The molecule has 1 unspecified atom stereocenters. The first-order chi connectivity index (χ1) is 13.1. The van der Waals surface area contributed by atoms with Crippen LogP contribution in [-0.2, 0) is 27.4 Å². The van der Waals surface area contributed by atoms with Gasteiger partial charge < -0.3 is 18.9 Å². The highest BCUT2D eigenvalue weighted by molar-refractivity contribution is 5.83. The Balaban J connectivity index is 1.31. The molecule has 0 aromatic carbocycles. The van der Waals surface area contributed by atoms with Gasteiger partial charge in [-0.1, -0.05) is 0 Å². The third kappa shape index (κ3) is 2.74. The van der Waals surface area contributed by atoms with Crippen molar-refractivity contribution >= 4 is 12.0 Å². The Labute approximate surface area is 154 Å². The lowest BCUT2D eigenvalue weighted by atomic mass is 10.0. The van der Waals surface area contributed by atoms with Gasteiger partial charge in [-0.25, -0.2) is 4.79 Å². The summed E-state index contributed by atoms with van der Waals surface area (Å²) in [5.74, 6) is 1.42. The number of nitrogens with one attached hydrogen (secondary N) is 1. The van der Waals surface area contributed by atoms with E-state index in [9.17, 15) is 9.59 Å². The third-order valence-electron chi connectivity index (χ3n) is 5.38. The molecule has 11 heteroatoms. The monoisotopic (exact) mass is 373 g/mol. The lowest BCUT2D eigenvalue weighted by molar-refractivity contribution is -0.133. The topological polar surface area (TPSA) is 118 Å². The van der Waals surface area contributed by atoms with E-state index in [-0.39, 0.29) is 12.5 Å². The zero-order chi connectivity index (χ0) is 18.4. The Morgan fingerprint density at radius 1 is 1.30 bits per heavy atom. The number of cyclic esters (lactones) is 1. The quantitative estimate of drug-likeness (QED) is 0.779. The van der Waals surface area contributed by atoms with Gasteiger partial charge in [-0.05, 0) is 6.42 Å². The normalized spacial score (nSPS) is 24.5. The molecule has 5 heterocycles. The minimum absolute atomic E-state index is 0.0487. The Morgan fingerprint density at radius 2 is 2.22 bits per heavy atom. The fourth-order valence-electron chi connectivity index (χ4n) is 3.88. The van der Waals surface area contributed by atoms with E-state index in [1.807, 2.05) is 4.57 Å². The average molecular weight is 373 g/mol. The number of H-pyrrole nitrogens is 1. The van der Waals surface area contributed by atoms with E-state index in [1.165, 1.54) is 4.90 Å². The van der Waals surface area contributed by atoms with Gasteiger partial charge >= 0.3 is 6.09 Å². The molecule has 0 radical (unpaired) electrons. The van der Waals surface area contributed by atoms with Crippen molar-refractivity contribution in [1.29, 1.82) is 0 Å². The largest absolute Gasteiger partial charge is 0.448 e. The van der Waals surface area contributed by atoms with Crippen molar-refractivity contribution in [2.75, 3.05) is 32.8 Å². The Bertz CT molecular complexity index is 879. The fraction of sp³-hybridized carbons (Fsp3) is 0.562. The number of ether oxygens (including phenoxy) is 2. The number of amides is 2. The van der Waals surface area contributed by atoms with Crippen LogP contribution in [0.3, 0.4) is 0 Å². The first-order valence-corrected chi connectivity index (χ1v) is 8.88. The van der Waals surface area contributed by atoms with Crippen LogP contribution in [0, 0.1) is 0 Å². The van der Waals surface area contributed by atoms with Crippen LogP contribution in [-0.4, -0.2) is 85.1 Å². The minimum atomic E-state index is -0.463. The summed E-state index contributed by atoms with van der Waals surface area (Å²) in [4.78, 5) is 27.4. The number of carbonyl (C=O) groups is 2. The minimum Gasteiger partial charge on any atom is -0.448 e. The van der Waals surface area contributed by atoms with Gasteiger partial charge in [0.2, 0.25) is 5.91 Å². The van der Waals surface area contributed by atoms with Gasteiger partial charge in [-0.15, -0.1) is 10.2 Å². The molecule has 2 fully saturated rings. The second-order valence-electron chi connectivity index (χ2n) is 7.09. The highest BCUT2D eigenvalue weighted by Gasteiger charge is 2.45. The zero-order valence-corrected chi connectivity index (χ0v) is 14.6. The molecular weight excluding hydrogens is 354 g/mol. The summed E-state index contributed by atoms with van der Waals surface area (Å²) >= 11 is 0. The second kappa shape index (κ2) is 6.05. The predicted octanol–water partition coefficient (Wildman–Crippen LogP) is -0.378. The summed E-state index contributed by atoms with van der Waals surface area (Å²) in [5.41, 5.74) is 0.402. The van der Waals surface area contributed by atoms with Gasteiger partial charge in [0.15, 0.2) is 11.6 Å². The Morgan fingerprint density at radius 3 is 3.00 bits per heavy atom. The van der Waals surface area contributed by atoms with Crippen molar-refractivity contribution in [3.05, 3.63) is 18.2 Å². The molecule has 1 spiro atoms. The van der Waals surface area contributed by atoms with Crippen molar-refractivity contribution < 1.29 is 19.1 Å². The molecule has 0 bridgehead atoms. The standard InChI is InChI=1S/C16H19N7O4/c24-13(7-21-3-4-26-15(21)25)22-2-1-16(9-22)10-23-12(8-27-16)19-20-14(23)11-5-17-18-6-11/h5-6H,1-4,7-10H2,(H,17,18). The number of aromatic nitrogens is 5. The van der Waals surface area contributed by atoms with E-state index in [4.69, 9.17) is 9.47 Å². The van der Waals surface area contributed by atoms with Gasteiger partial charge in [-0.3, -0.25) is 14.8 Å². The summed E-state index contributed by atoms with van der Waals surface area (Å²) in [6, 6.07) is 0. The van der Waals surface area contributed by atoms with E-state index in [0.29, 0.717) is 39.4 Å². The lowest BCUT2D eigenvalue weighted by Crippen LogP contribution is -2.46. The molecule has 2 amide bonds. The van der Waals surface area contributed by atoms with Crippen molar-refractivity contribution in [1.82, 2.24) is 34.8 Å². The van der Waals surface area contributed by atoms with Crippen LogP contribution in [0.1, 0.15) is 12.2 Å². The maximum Gasteiger partial charge on any atom is 0.410 e. The summed E-state index contributed by atoms with van der Waals surface area (Å²) in [5, 5.41) is 15.2.